The maximum atomic E-state index is 10.8. The Labute approximate surface area is 313 Å². The molecule has 4 aromatic rings. The highest BCUT2D eigenvalue weighted by Crippen LogP contribution is 2.53. The summed E-state index contributed by atoms with van der Waals surface area (Å²) in [4.78, 5) is 4.77. The molecule has 0 spiro atoms. The molecule has 1 unspecified atom stereocenters. The highest BCUT2D eigenvalue weighted by atomic mass is 16.5. The lowest BCUT2D eigenvalue weighted by molar-refractivity contribution is -0.00130. The van der Waals surface area contributed by atoms with Crippen molar-refractivity contribution in [1.82, 2.24) is 9.80 Å². The Morgan fingerprint density at radius 1 is 0.792 bits per heavy atom. The molecule has 6 bridgehead atoms. The van der Waals surface area contributed by atoms with Crippen LogP contribution in [0, 0.1) is 0 Å². The van der Waals surface area contributed by atoms with Crippen molar-refractivity contribution in [3.8, 4) is 40.2 Å². The van der Waals surface area contributed by atoms with Crippen molar-refractivity contribution in [3.63, 3.8) is 0 Å². The van der Waals surface area contributed by atoms with E-state index in [0.29, 0.717) is 54.1 Å². The number of benzene rings is 4. The molecule has 4 aliphatic rings. The largest absolute Gasteiger partial charge is 0.493 e. The Bertz CT molecular complexity index is 1930. The van der Waals surface area contributed by atoms with Gasteiger partial charge in [0, 0.05) is 49.0 Å². The molecule has 4 aromatic carbocycles. The molecule has 10 heteroatoms. The fourth-order valence-electron chi connectivity index (χ4n) is 8.22. The van der Waals surface area contributed by atoms with Gasteiger partial charge in [-0.15, -0.1) is 0 Å². The minimum absolute atomic E-state index is 0.106. The van der Waals surface area contributed by atoms with Crippen molar-refractivity contribution < 1.29 is 38.3 Å². The van der Waals surface area contributed by atoms with Gasteiger partial charge in [0.15, 0.2) is 23.0 Å². The van der Waals surface area contributed by atoms with Crippen LogP contribution in [-0.2, 0) is 48.4 Å². The Morgan fingerprint density at radius 2 is 1.51 bits per heavy atom. The van der Waals surface area contributed by atoms with E-state index < -0.39 is 0 Å². The second-order valence-electron chi connectivity index (χ2n) is 14.4. The van der Waals surface area contributed by atoms with Gasteiger partial charge >= 0.3 is 0 Å². The average Bonchev–Trinajstić information content (AvgIpc) is 3.16. The third-order valence-corrected chi connectivity index (χ3v) is 11.1. The van der Waals surface area contributed by atoms with Crippen molar-refractivity contribution >= 4 is 0 Å². The summed E-state index contributed by atoms with van der Waals surface area (Å²) in [5.74, 6) is 4.33. The monoisotopic (exact) mass is 724 g/mol. The second-order valence-corrected chi connectivity index (χ2v) is 14.4. The molecule has 3 atom stereocenters. The van der Waals surface area contributed by atoms with Gasteiger partial charge in [-0.2, -0.15) is 0 Å². The summed E-state index contributed by atoms with van der Waals surface area (Å²) in [6.07, 6.45) is 2.97. The zero-order chi connectivity index (χ0) is 37.2. The quantitative estimate of drug-likeness (QED) is 0.191. The number of fused-ring (bicyclic) bond motifs is 2. The Balaban J connectivity index is 1.48. The maximum Gasteiger partial charge on any atom is 0.204 e. The molecule has 0 amide bonds. The van der Waals surface area contributed by atoms with Crippen LogP contribution >= 0.6 is 0 Å². The average molecular weight is 725 g/mol. The fourth-order valence-corrected chi connectivity index (χ4v) is 8.22. The fraction of sp³-hybridized carbons (Fsp3) is 0.442. The van der Waals surface area contributed by atoms with Crippen LogP contribution in [0.3, 0.4) is 0 Å². The van der Waals surface area contributed by atoms with Crippen LogP contribution in [0.4, 0.5) is 0 Å². The predicted octanol–water partition coefficient (Wildman–Crippen LogP) is 7.20. The van der Waals surface area contributed by atoms with Gasteiger partial charge in [0.2, 0.25) is 5.75 Å². The lowest BCUT2D eigenvalue weighted by Gasteiger charge is -2.38. The Hall–Kier alpha value is -4.32. The number of ether oxygens (including phenoxy) is 7. The topological polar surface area (TPSA) is 91.3 Å². The zero-order valence-corrected chi connectivity index (χ0v) is 32.0. The van der Waals surface area contributed by atoms with Crippen molar-refractivity contribution in [1.29, 1.82) is 0 Å². The normalized spacial score (nSPS) is 18.9. The number of rotatable bonds is 9. The minimum Gasteiger partial charge on any atom is -0.493 e. The molecule has 10 nitrogen and oxygen atoms in total. The van der Waals surface area contributed by atoms with Crippen molar-refractivity contribution in [2.24, 2.45) is 0 Å². The van der Waals surface area contributed by atoms with Gasteiger partial charge in [-0.3, -0.25) is 9.80 Å². The van der Waals surface area contributed by atoms with E-state index in [-0.39, 0.29) is 24.8 Å². The van der Waals surface area contributed by atoms with E-state index in [4.69, 9.17) is 33.2 Å². The van der Waals surface area contributed by atoms with Gasteiger partial charge in [0.25, 0.3) is 0 Å². The van der Waals surface area contributed by atoms with Crippen molar-refractivity contribution in [2.75, 3.05) is 62.2 Å². The highest BCUT2D eigenvalue weighted by Gasteiger charge is 2.37. The summed E-state index contributed by atoms with van der Waals surface area (Å²) in [7, 11) is 11.0. The van der Waals surface area contributed by atoms with Crippen LogP contribution in [0.15, 0.2) is 54.6 Å². The van der Waals surface area contributed by atoms with E-state index in [0.717, 1.165) is 65.9 Å². The minimum atomic E-state index is -0.159. The maximum absolute atomic E-state index is 10.8. The van der Waals surface area contributed by atoms with Crippen LogP contribution in [0.25, 0.3) is 0 Å². The molecule has 0 fully saturated rings. The van der Waals surface area contributed by atoms with Gasteiger partial charge in [-0.25, -0.2) is 0 Å². The smallest absolute Gasteiger partial charge is 0.204 e. The molecule has 282 valence electrons. The predicted molar refractivity (Wildman–Crippen MR) is 203 cm³/mol. The molecule has 4 heterocycles. The number of aliphatic hydroxyl groups excluding tert-OH is 1. The molecular weight excluding hydrogens is 672 g/mol. The molecule has 1 N–H and O–H groups in total. The Morgan fingerprint density at radius 3 is 2.23 bits per heavy atom. The van der Waals surface area contributed by atoms with Crippen LogP contribution < -0.4 is 23.7 Å². The van der Waals surface area contributed by atoms with Crippen LogP contribution in [0.5, 0.6) is 40.2 Å². The van der Waals surface area contributed by atoms with E-state index >= 15 is 0 Å². The molecule has 8 rings (SSSR count). The summed E-state index contributed by atoms with van der Waals surface area (Å²) >= 11 is 0. The first-order chi connectivity index (χ1) is 25.8. The number of methoxy groups -OCH3 is 4. The first-order valence-corrected chi connectivity index (χ1v) is 18.4. The number of aliphatic hydroxyl groups is 1. The lowest BCUT2D eigenvalue weighted by Crippen LogP contribution is -2.35. The number of nitrogens with zero attached hydrogens (tertiary/aromatic N) is 2. The van der Waals surface area contributed by atoms with Crippen LogP contribution in [0.2, 0.25) is 0 Å². The summed E-state index contributed by atoms with van der Waals surface area (Å²) in [6.45, 7) is 4.36. The molecular formula is C43H52N2O8. The molecule has 0 saturated carbocycles. The van der Waals surface area contributed by atoms with Gasteiger partial charge in [-0.05, 0) is 111 Å². The Kier molecular flexibility index (Phi) is 11.1. The highest BCUT2D eigenvalue weighted by molar-refractivity contribution is 5.67. The molecule has 0 aliphatic carbocycles. The van der Waals surface area contributed by atoms with E-state index in [1.54, 1.807) is 28.4 Å². The summed E-state index contributed by atoms with van der Waals surface area (Å²) in [6, 6.07) is 18.7. The number of hydrogen-bond acceptors (Lipinski definition) is 10. The van der Waals surface area contributed by atoms with E-state index in [1.807, 2.05) is 25.1 Å². The standard InChI is InChI=1S/C43H52N2O8/c1-26(24-47-4)51-25-34-32-15-17-45(3)36-19-28-10-13-37(48-5)39(20-28)52-31-11-8-27(9-12-31)18-35-33-22-38(30(23-46)21-29(33)14-16-44(35)2)53-42(40(32)36)43(50-7)41(34)49-6/h8-13,20-22,26,35-36,46H,14-19,23-25H2,1-7H3/t26?,35-,36-/m0/s1. The second kappa shape index (κ2) is 16.0. The SMILES string of the molecule is COCC(C)OCc1c2c3c(c(OC)c1OC)Oc1cc4c(cc1CO)CCN(C)[C@H]4Cc1ccc(cc1)Oc1cc(ccc1OC)C[C@@H]3N(C)CC2. The molecule has 4 aliphatic heterocycles. The van der Waals surface area contributed by atoms with E-state index in [2.05, 4.69) is 60.3 Å². The first kappa shape index (κ1) is 37.0. The van der Waals surface area contributed by atoms with Crippen LogP contribution in [0.1, 0.15) is 63.5 Å². The molecule has 0 saturated heterocycles. The van der Waals surface area contributed by atoms with Gasteiger partial charge < -0.3 is 38.3 Å². The van der Waals surface area contributed by atoms with Gasteiger partial charge in [0.1, 0.15) is 11.5 Å². The van der Waals surface area contributed by atoms with E-state index in [1.165, 1.54) is 16.7 Å². The number of likely N-dealkylation sites (N-methyl/N-ethyl adjacent to an activating group) is 2. The third-order valence-electron chi connectivity index (χ3n) is 11.1. The third kappa shape index (κ3) is 7.31. The van der Waals surface area contributed by atoms with Crippen LogP contribution in [-0.4, -0.2) is 83.2 Å². The van der Waals surface area contributed by atoms with Gasteiger partial charge in [-0.1, -0.05) is 18.2 Å². The summed E-state index contributed by atoms with van der Waals surface area (Å²) in [5, 5.41) is 10.8. The van der Waals surface area contributed by atoms with Gasteiger partial charge in [0.05, 0.1) is 47.3 Å². The molecule has 0 aromatic heterocycles. The number of hydrogen-bond donors (Lipinski definition) is 1. The van der Waals surface area contributed by atoms with Crippen molar-refractivity contribution in [2.45, 2.75) is 64.0 Å². The summed E-state index contributed by atoms with van der Waals surface area (Å²) in [5.41, 5.74) is 8.49. The lowest BCUT2D eigenvalue weighted by atomic mass is 9.84. The van der Waals surface area contributed by atoms with Crippen molar-refractivity contribution in [3.05, 3.63) is 99.1 Å². The summed E-state index contributed by atoms with van der Waals surface area (Å²) < 4.78 is 43.6. The first-order valence-electron chi connectivity index (χ1n) is 18.4. The molecule has 0 radical (unpaired) electrons. The van der Waals surface area contributed by atoms with E-state index in [9.17, 15) is 5.11 Å². The zero-order valence-electron chi connectivity index (χ0n) is 32.0. The molecule has 53 heavy (non-hydrogen) atoms.